The van der Waals surface area contributed by atoms with E-state index in [0.29, 0.717) is 4.48 Å². The van der Waals surface area contributed by atoms with Crippen molar-refractivity contribution in [2.45, 2.75) is 11.8 Å². The van der Waals surface area contributed by atoms with E-state index in [0.717, 1.165) is 12.1 Å². The summed E-state index contributed by atoms with van der Waals surface area (Å²) in [6.45, 7) is 4.71. The van der Waals surface area contributed by atoms with Crippen molar-refractivity contribution in [3.8, 4) is 0 Å². The molecule has 0 saturated carbocycles. The lowest BCUT2D eigenvalue weighted by Gasteiger charge is -2.09. The summed E-state index contributed by atoms with van der Waals surface area (Å²) in [4.78, 5) is 10.5. The third-order valence-corrected chi connectivity index (χ3v) is 3.88. The van der Waals surface area contributed by atoms with E-state index in [2.05, 4.69) is 27.2 Å². The van der Waals surface area contributed by atoms with Gasteiger partial charge in [0, 0.05) is 11.0 Å². The highest BCUT2D eigenvalue weighted by atomic mass is 79.9. The SMILES string of the molecule is C=C(Br)CNS(=O)(=O)c1cc(C)c(F)c(C(=O)O)c1. The van der Waals surface area contributed by atoms with Gasteiger partial charge in [0.05, 0.1) is 10.5 Å². The third kappa shape index (κ3) is 3.85. The number of carboxylic acids is 1. The minimum absolute atomic E-state index is 0.0544. The molecule has 0 unspecified atom stereocenters. The zero-order valence-electron chi connectivity index (χ0n) is 9.91. The molecule has 1 aromatic carbocycles. The molecule has 19 heavy (non-hydrogen) atoms. The Bertz CT molecular complexity index is 642. The Morgan fingerprint density at radius 3 is 2.58 bits per heavy atom. The number of rotatable bonds is 5. The summed E-state index contributed by atoms with van der Waals surface area (Å²) in [7, 11) is -3.92. The predicted molar refractivity (Wildman–Crippen MR) is 71.4 cm³/mol. The number of aromatic carboxylic acids is 1. The predicted octanol–water partition coefficient (Wildman–Crippen LogP) is 2.02. The van der Waals surface area contributed by atoms with Gasteiger partial charge in [-0.1, -0.05) is 22.5 Å². The summed E-state index contributed by atoms with van der Waals surface area (Å²) in [5.41, 5.74) is -0.740. The highest BCUT2D eigenvalue weighted by Crippen LogP contribution is 2.19. The molecule has 0 aliphatic carbocycles. The van der Waals surface area contributed by atoms with Crippen LogP contribution in [0, 0.1) is 12.7 Å². The van der Waals surface area contributed by atoms with E-state index in [-0.39, 0.29) is 17.0 Å². The van der Waals surface area contributed by atoms with Crippen molar-refractivity contribution < 1.29 is 22.7 Å². The maximum Gasteiger partial charge on any atom is 0.338 e. The molecule has 1 rings (SSSR count). The van der Waals surface area contributed by atoms with Gasteiger partial charge in [-0.05, 0) is 24.6 Å². The van der Waals surface area contributed by atoms with Crippen LogP contribution in [-0.2, 0) is 10.0 Å². The van der Waals surface area contributed by atoms with E-state index in [9.17, 15) is 17.6 Å². The largest absolute Gasteiger partial charge is 0.478 e. The molecule has 104 valence electrons. The Hall–Kier alpha value is -1.25. The number of carbonyl (C=O) groups is 1. The first kappa shape index (κ1) is 15.8. The van der Waals surface area contributed by atoms with Crippen molar-refractivity contribution >= 4 is 31.9 Å². The normalized spacial score (nSPS) is 11.3. The Kier molecular flexibility index (Phi) is 4.83. The monoisotopic (exact) mass is 351 g/mol. The van der Waals surface area contributed by atoms with Crippen molar-refractivity contribution in [2.75, 3.05) is 6.54 Å². The summed E-state index contributed by atoms with van der Waals surface area (Å²) in [6, 6.07) is 1.85. The van der Waals surface area contributed by atoms with Crippen LogP contribution in [-0.4, -0.2) is 26.0 Å². The molecule has 0 atom stereocenters. The molecule has 8 heteroatoms. The number of hydrogen-bond donors (Lipinski definition) is 2. The lowest BCUT2D eigenvalue weighted by molar-refractivity contribution is 0.0691. The summed E-state index contributed by atoms with van der Waals surface area (Å²) in [6.07, 6.45) is 0. The van der Waals surface area contributed by atoms with E-state index in [1.165, 1.54) is 6.92 Å². The Balaban J connectivity index is 3.28. The van der Waals surface area contributed by atoms with Crippen LogP contribution < -0.4 is 4.72 Å². The quantitative estimate of drug-likeness (QED) is 0.849. The molecule has 1 aromatic rings. The van der Waals surface area contributed by atoms with Gasteiger partial charge in [0.1, 0.15) is 5.82 Å². The van der Waals surface area contributed by atoms with E-state index >= 15 is 0 Å². The van der Waals surface area contributed by atoms with Crippen LogP contribution in [0.15, 0.2) is 28.1 Å². The van der Waals surface area contributed by atoms with Crippen molar-refractivity contribution in [3.05, 3.63) is 40.1 Å². The van der Waals surface area contributed by atoms with Crippen molar-refractivity contribution in [2.24, 2.45) is 0 Å². The molecule has 0 heterocycles. The topological polar surface area (TPSA) is 83.5 Å². The molecule has 0 spiro atoms. The Morgan fingerprint density at radius 2 is 2.11 bits per heavy atom. The van der Waals surface area contributed by atoms with Gasteiger partial charge in [0.15, 0.2) is 0 Å². The lowest BCUT2D eigenvalue weighted by atomic mass is 10.1. The van der Waals surface area contributed by atoms with Crippen LogP contribution >= 0.6 is 15.9 Å². The van der Waals surface area contributed by atoms with Gasteiger partial charge in [0.2, 0.25) is 10.0 Å². The maximum absolute atomic E-state index is 13.5. The lowest BCUT2D eigenvalue weighted by Crippen LogP contribution is -2.25. The molecular formula is C11H11BrFNO4S. The number of nitrogens with one attached hydrogen (secondary N) is 1. The van der Waals surface area contributed by atoms with Crippen LogP contribution in [0.3, 0.4) is 0 Å². The summed E-state index contributed by atoms with van der Waals surface area (Å²) in [5.74, 6) is -2.47. The third-order valence-electron chi connectivity index (χ3n) is 2.22. The minimum atomic E-state index is -3.92. The molecule has 0 aromatic heterocycles. The Labute approximate surface area is 118 Å². The molecule has 0 fully saturated rings. The average molecular weight is 352 g/mol. The molecular weight excluding hydrogens is 341 g/mol. The number of benzene rings is 1. The smallest absolute Gasteiger partial charge is 0.338 e. The van der Waals surface area contributed by atoms with Gasteiger partial charge in [0.25, 0.3) is 0 Å². The molecule has 0 radical (unpaired) electrons. The van der Waals surface area contributed by atoms with Crippen molar-refractivity contribution in [3.63, 3.8) is 0 Å². The highest BCUT2D eigenvalue weighted by Gasteiger charge is 2.21. The number of carboxylic acid groups (broad SMARTS) is 1. The second kappa shape index (κ2) is 5.81. The molecule has 0 bridgehead atoms. The first-order chi connectivity index (χ1) is 8.65. The number of hydrogen-bond acceptors (Lipinski definition) is 3. The van der Waals surface area contributed by atoms with E-state index in [1.54, 1.807) is 0 Å². The van der Waals surface area contributed by atoms with Crippen LogP contribution in [0.1, 0.15) is 15.9 Å². The van der Waals surface area contributed by atoms with E-state index < -0.39 is 27.4 Å². The van der Waals surface area contributed by atoms with Crippen molar-refractivity contribution in [1.82, 2.24) is 4.72 Å². The average Bonchev–Trinajstić information content (AvgIpc) is 2.29. The fourth-order valence-corrected chi connectivity index (χ4v) is 2.77. The maximum atomic E-state index is 13.5. The summed E-state index contributed by atoms with van der Waals surface area (Å²) < 4.78 is 39.9. The van der Waals surface area contributed by atoms with Crippen LogP contribution in [0.2, 0.25) is 0 Å². The van der Waals surface area contributed by atoms with Crippen LogP contribution in [0.25, 0.3) is 0 Å². The Morgan fingerprint density at radius 1 is 1.53 bits per heavy atom. The van der Waals surface area contributed by atoms with Gasteiger partial charge >= 0.3 is 5.97 Å². The number of aryl methyl sites for hydroxylation is 1. The molecule has 0 aliphatic rings. The van der Waals surface area contributed by atoms with Crippen LogP contribution in [0.5, 0.6) is 0 Å². The highest BCUT2D eigenvalue weighted by molar-refractivity contribution is 9.11. The minimum Gasteiger partial charge on any atom is -0.478 e. The molecule has 5 nitrogen and oxygen atoms in total. The fraction of sp³-hybridized carbons (Fsp3) is 0.182. The second-order valence-electron chi connectivity index (χ2n) is 3.75. The van der Waals surface area contributed by atoms with Gasteiger partial charge in [-0.25, -0.2) is 22.3 Å². The van der Waals surface area contributed by atoms with E-state index in [1.807, 2.05) is 0 Å². The van der Waals surface area contributed by atoms with Crippen molar-refractivity contribution in [1.29, 1.82) is 0 Å². The standard InChI is InChI=1S/C11H11BrFNO4S/c1-6-3-8(4-9(10(6)13)11(15)16)19(17,18)14-5-7(2)12/h3-4,14H,2,5H2,1H3,(H,15,16). The first-order valence-corrected chi connectivity index (χ1v) is 7.29. The molecule has 0 amide bonds. The van der Waals surface area contributed by atoms with Gasteiger partial charge in [-0.15, -0.1) is 0 Å². The molecule has 0 aliphatic heterocycles. The summed E-state index contributed by atoms with van der Waals surface area (Å²) in [5, 5.41) is 8.82. The second-order valence-corrected chi connectivity index (χ2v) is 6.64. The zero-order chi connectivity index (χ0) is 14.8. The first-order valence-electron chi connectivity index (χ1n) is 5.01. The number of halogens is 2. The fourth-order valence-electron chi connectivity index (χ4n) is 1.30. The van der Waals surface area contributed by atoms with Gasteiger partial charge in [-0.2, -0.15) is 0 Å². The zero-order valence-corrected chi connectivity index (χ0v) is 12.3. The van der Waals surface area contributed by atoms with Gasteiger partial charge in [-0.3, -0.25) is 0 Å². The van der Waals surface area contributed by atoms with Gasteiger partial charge < -0.3 is 5.11 Å². The van der Waals surface area contributed by atoms with E-state index in [4.69, 9.17) is 5.11 Å². The van der Waals surface area contributed by atoms with Crippen LogP contribution in [0.4, 0.5) is 4.39 Å². The molecule has 2 N–H and O–H groups in total. The summed E-state index contributed by atoms with van der Waals surface area (Å²) >= 11 is 2.99. The number of sulfonamides is 1. The molecule has 0 saturated heterocycles.